The fourth-order valence-electron chi connectivity index (χ4n) is 2.66. The molecule has 12 heavy (non-hydrogen) atoms. The van der Waals surface area contributed by atoms with Gasteiger partial charge in [-0.3, -0.25) is 4.79 Å². The minimum Gasteiger partial charge on any atom is -0.481 e. The Morgan fingerprint density at radius 3 is 2.17 bits per heavy atom. The van der Waals surface area contributed by atoms with Crippen LogP contribution in [0.4, 0.5) is 4.39 Å². The maximum absolute atomic E-state index is 13.3. The summed E-state index contributed by atoms with van der Waals surface area (Å²) in [5.41, 5.74) is 0. The van der Waals surface area contributed by atoms with E-state index in [4.69, 9.17) is 5.11 Å². The first kappa shape index (κ1) is 8.02. The van der Waals surface area contributed by atoms with Crippen molar-refractivity contribution in [3.8, 4) is 0 Å². The zero-order valence-corrected chi connectivity index (χ0v) is 6.87. The number of carboxylic acids is 1. The average Bonchev–Trinajstić information content (AvgIpc) is 2.30. The molecule has 0 aliphatic heterocycles. The van der Waals surface area contributed by atoms with Crippen molar-refractivity contribution in [2.24, 2.45) is 17.8 Å². The van der Waals surface area contributed by atoms with E-state index in [9.17, 15) is 9.18 Å². The van der Waals surface area contributed by atoms with Gasteiger partial charge in [0.25, 0.3) is 0 Å². The molecule has 2 atom stereocenters. The highest BCUT2D eigenvalue weighted by atomic mass is 19.1. The zero-order valence-electron chi connectivity index (χ0n) is 6.87. The molecule has 2 saturated carbocycles. The van der Waals surface area contributed by atoms with Gasteiger partial charge < -0.3 is 5.11 Å². The molecule has 0 amide bonds. The molecule has 0 aromatic heterocycles. The highest BCUT2D eigenvalue weighted by Crippen LogP contribution is 2.46. The van der Waals surface area contributed by atoms with Crippen LogP contribution in [0.3, 0.4) is 0 Å². The third-order valence-electron chi connectivity index (χ3n) is 3.33. The Morgan fingerprint density at radius 2 is 1.75 bits per heavy atom. The highest BCUT2D eigenvalue weighted by Gasteiger charge is 2.44. The third kappa shape index (κ3) is 1.11. The van der Waals surface area contributed by atoms with Gasteiger partial charge in [0.15, 0.2) is 0 Å². The zero-order chi connectivity index (χ0) is 8.72. The predicted molar refractivity (Wildman–Crippen MR) is 41.5 cm³/mol. The highest BCUT2D eigenvalue weighted by molar-refractivity contribution is 5.70. The van der Waals surface area contributed by atoms with Crippen LogP contribution in [0.15, 0.2) is 0 Å². The van der Waals surface area contributed by atoms with Crippen LogP contribution in [0.25, 0.3) is 0 Å². The van der Waals surface area contributed by atoms with Gasteiger partial charge in [-0.1, -0.05) is 0 Å². The maximum atomic E-state index is 13.3. The minimum atomic E-state index is -0.737. The second kappa shape index (κ2) is 2.71. The number of hydrogen-bond donors (Lipinski definition) is 1. The van der Waals surface area contributed by atoms with Crippen LogP contribution in [-0.2, 0) is 4.79 Å². The molecule has 2 aliphatic carbocycles. The first-order chi connectivity index (χ1) is 5.68. The molecule has 3 heteroatoms. The van der Waals surface area contributed by atoms with Gasteiger partial charge in [0, 0.05) is 0 Å². The normalized spacial score (nSPS) is 46.1. The van der Waals surface area contributed by atoms with E-state index in [2.05, 4.69) is 0 Å². The molecule has 0 spiro atoms. The summed E-state index contributed by atoms with van der Waals surface area (Å²) < 4.78 is 13.3. The Kier molecular flexibility index (Phi) is 1.81. The topological polar surface area (TPSA) is 37.3 Å². The summed E-state index contributed by atoms with van der Waals surface area (Å²) in [6.07, 6.45) is 2.21. The Hall–Kier alpha value is -0.600. The van der Waals surface area contributed by atoms with Crippen molar-refractivity contribution < 1.29 is 14.3 Å². The SMILES string of the molecule is O=C(O)C1C[C@@H]2CC[C@@H](C1)C2F. The van der Waals surface area contributed by atoms with Crippen molar-refractivity contribution in [2.75, 3.05) is 0 Å². The predicted octanol–water partition coefficient (Wildman–Crippen LogP) is 1.85. The van der Waals surface area contributed by atoms with E-state index in [1.54, 1.807) is 0 Å². The quantitative estimate of drug-likeness (QED) is 0.655. The van der Waals surface area contributed by atoms with Gasteiger partial charge in [0.05, 0.1) is 5.92 Å². The summed E-state index contributed by atoms with van der Waals surface area (Å²) in [5.74, 6) is -0.914. The maximum Gasteiger partial charge on any atom is 0.306 e. The summed E-state index contributed by atoms with van der Waals surface area (Å²) >= 11 is 0. The third-order valence-corrected chi connectivity index (χ3v) is 3.33. The summed E-state index contributed by atoms with van der Waals surface area (Å²) in [6, 6.07) is 0. The molecular weight excluding hydrogens is 159 g/mol. The van der Waals surface area contributed by atoms with Crippen LogP contribution >= 0.6 is 0 Å². The van der Waals surface area contributed by atoms with Crippen molar-refractivity contribution in [3.63, 3.8) is 0 Å². The van der Waals surface area contributed by atoms with E-state index in [0.717, 1.165) is 12.8 Å². The van der Waals surface area contributed by atoms with Crippen molar-refractivity contribution >= 4 is 5.97 Å². The van der Waals surface area contributed by atoms with E-state index in [-0.39, 0.29) is 17.8 Å². The first-order valence-electron chi connectivity index (χ1n) is 4.55. The van der Waals surface area contributed by atoms with Crippen LogP contribution in [0.2, 0.25) is 0 Å². The Morgan fingerprint density at radius 1 is 1.25 bits per heavy atom. The lowest BCUT2D eigenvalue weighted by Crippen LogP contribution is -2.31. The number of carboxylic acid groups (broad SMARTS) is 1. The van der Waals surface area contributed by atoms with Crippen molar-refractivity contribution in [3.05, 3.63) is 0 Å². The standard InChI is InChI=1S/C9H13FO2/c10-8-5-1-2-6(8)4-7(3-5)9(11)12/h5-8H,1-4H2,(H,11,12)/t5-,6-,7?,8?/m0/s1. The number of halogens is 1. The molecule has 2 rings (SSSR count). The molecule has 0 aromatic rings. The Bertz CT molecular complexity index is 191. The molecule has 2 nitrogen and oxygen atoms in total. The lowest BCUT2D eigenvalue weighted by atomic mass is 9.80. The largest absolute Gasteiger partial charge is 0.481 e. The van der Waals surface area contributed by atoms with Crippen molar-refractivity contribution in [1.29, 1.82) is 0 Å². The average molecular weight is 172 g/mol. The van der Waals surface area contributed by atoms with Crippen molar-refractivity contribution in [2.45, 2.75) is 31.9 Å². The molecule has 0 saturated heterocycles. The fourth-order valence-corrected chi connectivity index (χ4v) is 2.66. The van der Waals surface area contributed by atoms with E-state index in [1.165, 1.54) is 0 Å². The molecule has 0 heterocycles. The summed E-state index contributed by atoms with van der Waals surface area (Å²) in [7, 11) is 0. The van der Waals surface area contributed by atoms with E-state index in [1.807, 2.05) is 0 Å². The van der Waals surface area contributed by atoms with Gasteiger partial charge in [-0.15, -0.1) is 0 Å². The van der Waals surface area contributed by atoms with Crippen LogP contribution in [-0.4, -0.2) is 17.2 Å². The molecule has 2 aliphatic rings. The molecule has 0 radical (unpaired) electrons. The molecule has 1 N–H and O–H groups in total. The summed E-state index contributed by atoms with van der Waals surface area (Å²) in [4.78, 5) is 10.7. The molecule has 2 fully saturated rings. The second-order valence-corrected chi connectivity index (χ2v) is 4.05. The van der Waals surface area contributed by atoms with E-state index < -0.39 is 12.1 Å². The fraction of sp³-hybridized carbons (Fsp3) is 0.889. The van der Waals surface area contributed by atoms with Gasteiger partial charge in [0.1, 0.15) is 6.17 Å². The molecular formula is C9H13FO2. The number of aliphatic carboxylic acids is 1. The Balaban J connectivity index is 2.07. The van der Waals surface area contributed by atoms with Crippen LogP contribution < -0.4 is 0 Å². The summed E-state index contributed by atoms with van der Waals surface area (Å²) in [6.45, 7) is 0. The number of hydrogen-bond acceptors (Lipinski definition) is 1. The number of carbonyl (C=O) groups is 1. The van der Waals surface area contributed by atoms with Gasteiger partial charge in [-0.05, 0) is 37.5 Å². The number of rotatable bonds is 1. The van der Waals surface area contributed by atoms with E-state index >= 15 is 0 Å². The van der Waals surface area contributed by atoms with E-state index in [0.29, 0.717) is 12.8 Å². The van der Waals surface area contributed by atoms with Crippen LogP contribution in [0.5, 0.6) is 0 Å². The van der Waals surface area contributed by atoms with Crippen LogP contribution in [0.1, 0.15) is 25.7 Å². The van der Waals surface area contributed by atoms with Gasteiger partial charge in [0.2, 0.25) is 0 Å². The monoisotopic (exact) mass is 172 g/mol. The minimum absolute atomic E-state index is 0.0462. The lowest BCUT2D eigenvalue weighted by molar-refractivity contribution is -0.144. The van der Waals surface area contributed by atoms with Crippen molar-refractivity contribution in [1.82, 2.24) is 0 Å². The number of fused-ring (bicyclic) bond motifs is 2. The smallest absolute Gasteiger partial charge is 0.306 e. The molecule has 2 bridgehead atoms. The number of alkyl halides is 1. The van der Waals surface area contributed by atoms with Gasteiger partial charge in [-0.25, -0.2) is 4.39 Å². The summed E-state index contributed by atoms with van der Waals surface area (Å²) in [5, 5.41) is 8.77. The van der Waals surface area contributed by atoms with Gasteiger partial charge >= 0.3 is 5.97 Å². The van der Waals surface area contributed by atoms with Crippen LogP contribution in [0, 0.1) is 17.8 Å². The van der Waals surface area contributed by atoms with Gasteiger partial charge in [-0.2, -0.15) is 0 Å². The first-order valence-corrected chi connectivity index (χ1v) is 4.55. The lowest BCUT2D eigenvalue weighted by Gasteiger charge is -2.27. The molecule has 68 valence electrons. The second-order valence-electron chi connectivity index (χ2n) is 4.05. The molecule has 0 aromatic carbocycles. The molecule has 0 unspecified atom stereocenters. The Labute approximate surface area is 70.8 Å².